The molecule has 18 heavy (non-hydrogen) atoms. The van der Waals surface area contributed by atoms with Gasteiger partial charge in [-0.25, -0.2) is 4.98 Å². The lowest BCUT2D eigenvalue weighted by molar-refractivity contribution is 0.553. The number of imidazole rings is 1. The molecule has 2 heteroatoms. The summed E-state index contributed by atoms with van der Waals surface area (Å²) >= 11 is 0. The van der Waals surface area contributed by atoms with Crippen molar-refractivity contribution in [3.63, 3.8) is 0 Å². The molecule has 0 spiro atoms. The summed E-state index contributed by atoms with van der Waals surface area (Å²) in [5.74, 6) is 1.55. The molecule has 3 atom stereocenters. The normalized spacial score (nSPS) is 32.1. The Balaban J connectivity index is 1.80. The summed E-state index contributed by atoms with van der Waals surface area (Å²) in [6.45, 7) is 2.29. The molecule has 1 aromatic heterocycles. The minimum absolute atomic E-state index is 0.343. The number of hydrogen-bond donors (Lipinski definition) is 1. The van der Waals surface area contributed by atoms with Gasteiger partial charge in [-0.3, -0.25) is 0 Å². The van der Waals surface area contributed by atoms with Gasteiger partial charge < -0.3 is 4.98 Å². The zero-order valence-electron chi connectivity index (χ0n) is 10.7. The topological polar surface area (TPSA) is 28.7 Å². The molecular weight excluding hydrogens is 220 g/mol. The average Bonchev–Trinajstić information content (AvgIpc) is 2.80. The van der Waals surface area contributed by atoms with Crippen molar-refractivity contribution in [3.05, 3.63) is 53.6 Å². The molecule has 2 aliphatic carbocycles. The number of aromatic amines is 1. The van der Waals surface area contributed by atoms with E-state index in [-0.39, 0.29) is 0 Å². The molecule has 92 valence electrons. The summed E-state index contributed by atoms with van der Waals surface area (Å²) < 4.78 is 0. The van der Waals surface area contributed by atoms with Crippen LogP contribution >= 0.6 is 0 Å². The van der Waals surface area contributed by atoms with Crippen LogP contribution in [-0.4, -0.2) is 9.97 Å². The molecule has 1 N–H and O–H groups in total. The maximum atomic E-state index is 4.24. The van der Waals surface area contributed by atoms with E-state index in [1.54, 1.807) is 11.1 Å². The third-order valence-electron chi connectivity index (χ3n) is 4.98. The summed E-state index contributed by atoms with van der Waals surface area (Å²) in [6.07, 6.45) is 7.66. The Morgan fingerprint density at radius 3 is 3.06 bits per heavy atom. The number of nitrogens with zero attached hydrogens (tertiary/aromatic N) is 1. The standard InChI is InChI=1S/C16H18N2/c1-2-5-13-15-12-7-4-3-6-11(12)8-16(13,15)14-9-17-10-18-14/h3-4,6-7,9-10,13,15H,2,5,8H2,1H3,(H,17,18)/t13-,15-,16+/m0/s1. The minimum atomic E-state index is 0.343. The largest absolute Gasteiger partial charge is 0.348 e. The zero-order chi connectivity index (χ0) is 12.2. The maximum Gasteiger partial charge on any atom is 0.0921 e. The van der Waals surface area contributed by atoms with E-state index in [9.17, 15) is 0 Å². The van der Waals surface area contributed by atoms with Crippen molar-refractivity contribution in [2.75, 3.05) is 0 Å². The van der Waals surface area contributed by atoms with Gasteiger partial charge in [0.15, 0.2) is 0 Å². The van der Waals surface area contributed by atoms with Crippen LogP contribution in [-0.2, 0) is 11.8 Å². The number of hydrogen-bond acceptors (Lipinski definition) is 1. The molecular formula is C16H18N2. The van der Waals surface area contributed by atoms with E-state index < -0.39 is 0 Å². The first-order chi connectivity index (χ1) is 8.88. The van der Waals surface area contributed by atoms with Gasteiger partial charge in [0.1, 0.15) is 0 Å². The molecule has 2 aromatic rings. The lowest BCUT2D eigenvalue weighted by Crippen LogP contribution is -2.13. The molecule has 1 saturated carbocycles. The highest BCUT2D eigenvalue weighted by molar-refractivity contribution is 5.54. The number of benzene rings is 1. The molecule has 0 radical (unpaired) electrons. The Hall–Kier alpha value is -1.57. The molecule has 0 amide bonds. The molecule has 2 aliphatic rings. The lowest BCUT2D eigenvalue weighted by Gasteiger charge is -2.13. The van der Waals surface area contributed by atoms with Gasteiger partial charge in [0, 0.05) is 17.3 Å². The maximum absolute atomic E-state index is 4.24. The van der Waals surface area contributed by atoms with Gasteiger partial charge in [-0.2, -0.15) is 0 Å². The van der Waals surface area contributed by atoms with Crippen LogP contribution in [0.5, 0.6) is 0 Å². The highest BCUT2D eigenvalue weighted by Crippen LogP contribution is 2.72. The lowest BCUT2D eigenvalue weighted by atomic mass is 9.92. The number of aromatic nitrogens is 2. The van der Waals surface area contributed by atoms with E-state index in [1.807, 2.05) is 12.5 Å². The second-order valence-electron chi connectivity index (χ2n) is 5.75. The van der Waals surface area contributed by atoms with Crippen molar-refractivity contribution in [1.82, 2.24) is 9.97 Å². The molecule has 4 rings (SSSR count). The van der Waals surface area contributed by atoms with E-state index in [0.29, 0.717) is 5.41 Å². The summed E-state index contributed by atoms with van der Waals surface area (Å²) in [7, 11) is 0. The van der Waals surface area contributed by atoms with E-state index >= 15 is 0 Å². The number of rotatable bonds is 3. The third-order valence-corrected chi connectivity index (χ3v) is 4.98. The van der Waals surface area contributed by atoms with Gasteiger partial charge in [-0.15, -0.1) is 0 Å². The van der Waals surface area contributed by atoms with Crippen molar-refractivity contribution in [2.45, 2.75) is 37.5 Å². The van der Waals surface area contributed by atoms with E-state index in [4.69, 9.17) is 0 Å². The fourth-order valence-electron chi connectivity index (χ4n) is 4.28. The highest BCUT2D eigenvalue weighted by Gasteiger charge is 2.69. The first-order valence-electron chi connectivity index (χ1n) is 6.94. The van der Waals surface area contributed by atoms with E-state index in [0.717, 1.165) is 11.8 Å². The van der Waals surface area contributed by atoms with Crippen molar-refractivity contribution in [3.8, 4) is 0 Å². The van der Waals surface area contributed by atoms with Crippen LogP contribution < -0.4 is 0 Å². The molecule has 1 aromatic carbocycles. The van der Waals surface area contributed by atoms with Gasteiger partial charge in [0.2, 0.25) is 0 Å². The molecule has 1 fully saturated rings. The molecule has 1 heterocycles. The smallest absolute Gasteiger partial charge is 0.0921 e. The fraction of sp³-hybridized carbons (Fsp3) is 0.438. The van der Waals surface area contributed by atoms with Crippen molar-refractivity contribution >= 4 is 0 Å². The summed E-state index contributed by atoms with van der Waals surface area (Å²) in [5.41, 5.74) is 4.83. The van der Waals surface area contributed by atoms with Gasteiger partial charge in [-0.05, 0) is 35.8 Å². The van der Waals surface area contributed by atoms with Crippen LogP contribution in [0.15, 0.2) is 36.8 Å². The Labute approximate surface area is 107 Å². The Morgan fingerprint density at radius 2 is 2.28 bits per heavy atom. The predicted octanol–water partition coefficient (Wildman–Crippen LogP) is 3.42. The number of H-pyrrole nitrogens is 1. The Bertz CT molecular complexity index is 573. The Kier molecular flexibility index (Phi) is 2.00. The zero-order valence-corrected chi connectivity index (χ0v) is 10.7. The summed E-state index contributed by atoms with van der Waals surface area (Å²) in [5, 5.41) is 0. The average molecular weight is 238 g/mol. The van der Waals surface area contributed by atoms with Crippen molar-refractivity contribution in [1.29, 1.82) is 0 Å². The number of fused-ring (bicyclic) bond motifs is 3. The first-order valence-corrected chi connectivity index (χ1v) is 6.94. The summed E-state index contributed by atoms with van der Waals surface area (Å²) in [4.78, 5) is 7.61. The van der Waals surface area contributed by atoms with Crippen LogP contribution in [0, 0.1) is 5.92 Å². The summed E-state index contributed by atoms with van der Waals surface area (Å²) in [6, 6.07) is 8.97. The molecule has 0 bridgehead atoms. The minimum Gasteiger partial charge on any atom is -0.348 e. The molecule has 0 saturated heterocycles. The molecule has 0 unspecified atom stereocenters. The van der Waals surface area contributed by atoms with Crippen molar-refractivity contribution in [2.24, 2.45) is 5.92 Å². The first kappa shape index (κ1) is 10.4. The van der Waals surface area contributed by atoms with E-state index in [2.05, 4.69) is 41.2 Å². The second kappa shape index (κ2) is 3.47. The van der Waals surface area contributed by atoms with Crippen LogP contribution in [0.3, 0.4) is 0 Å². The second-order valence-corrected chi connectivity index (χ2v) is 5.75. The van der Waals surface area contributed by atoms with Gasteiger partial charge >= 0.3 is 0 Å². The third kappa shape index (κ3) is 1.11. The number of nitrogens with one attached hydrogen (secondary N) is 1. The van der Waals surface area contributed by atoms with Crippen LogP contribution in [0.2, 0.25) is 0 Å². The molecule has 0 aliphatic heterocycles. The SMILES string of the molecule is CCC[C@H]1[C@@H]2c3ccccc3C[C@]12c1cnc[nH]1. The quantitative estimate of drug-likeness (QED) is 0.872. The van der Waals surface area contributed by atoms with Crippen LogP contribution in [0.4, 0.5) is 0 Å². The van der Waals surface area contributed by atoms with Gasteiger partial charge in [0.25, 0.3) is 0 Å². The van der Waals surface area contributed by atoms with Crippen molar-refractivity contribution < 1.29 is 0 Å². The van der Waals surface area contributed by atoms with Crippen LogP contribution in [0.1, 0.15) is 42.5 Å². The van der Waals surface area contributed by atoms with Gasteiger partial charge in [-0.1, -0.05) is 37.6 Å². The molecule has 2 nitrogen and oxygen atoms in total. The van der Waals surface area contributed by atoms with E-state index in [1.165, 1.54) is 25.0 Å². The van der Waals surface area contributed by atoms with Gasteiger partial charge in [0.05, 0.1) is 6.33 Å². The predicted molar refractivity (Wildman–Crippen MR) is 71.6 cm³/mol. The van der Waals surface area contributed by atoms with Crippen LogP contribution in [0.25, 0.3) is 0 Å². The monoisotopic (exact) mass is 238 g/mol. The fourth-order valence-corrected chi connectivity index (χ4v) is 4.28. The highest BCUT2D eigenvalue weighted by atomic mass is 14.9. The Morgan fingerprint density at radius 1 is 1.39 bits per heavy atom.